The van der Waals surface area contributed by atoms with Gasteiger partial charge in [0.25, 0.3) is 0 Å². The van der Waals surface area contributed by atoms with Crippen molar-refractivity contribution in [1.82, 2.24) is 10.2 Å². The van der Waals surface area contributed by atoms with Gasteiger partial charge in [-0.3, -0.25) is 13.9 Å². The third kappa shape index (κ3) is 8.66. The molecular formula is C28H41N3O4S. The van der Waals surface area contributed by atoms with Gasteiger partial charge in [0.2, 0.25) is 21.8 Å². The van der Waals surface area contributed by atoms with Gasteiger partial charge >= 0.3 is 0 Å². The maximum Gasteiger partial charge on any atom is 0.242 e. The fourth-order valence-corrected chi connectivity index (χ4v) is 5.02. The second-order valence-electron chi connectivity index (χ2n) is 9.55. The molecule has 0 aromatic heterocycles. The number of carbonyl (C=O) groups is 2. The van der Waals surface area contributed by atoms with Crippen molar-refractivity contribution in [1.29, 1.82) is 0 Å². The Hall–Kier alpha value is -2.87. The second kappa shape index (κ2) is 13.4. The molecule has 0 saturated carbocycles. The zero-order valence-electron chi connectivity index (χ0n) is 22.5. The molecule has 36 heavy (non-hydrogen) atoms. The van der Waals surface area contributed by atoms with E-state index in [0.29, 0.717) is 25.1 Å². The van der Waals surface area contributed by atoms with Crippen LogP contribution in [0.15, 0.2) is 48.5 Å². The standard InChI is InChI=1S/C28H41N3O4S/c1-7-23(4)29-28(33)24(5)30(19-17-25-12-9-8-10-13-25)27(32)14-11-18-31(36(6,34)35)26-20-21(2)15-16-22(26)3/h8-10,12-13,15-16,20,23-24H,7,11,14,17-19H2,1-6H3,(H,29,33)/t23-,24+/m1/s1. The Morgan fingerprint density at radius 3 is 2.28 bits per heavy atom. The molecule has 0 aliphatic rings. The van der Waals surface area contributed by atoms with Crippen molar-refractivity contribution < 1.29 is 18.0 Å². The lowest BCUT2D eigenvalue weighted by molar-refractivity contribution is -0.140. The predicted octanol–water partition coefficient (Wildman–Crippen LogP) is 4.22. The fourth-order valence-electron chi connectivity index (χ4n) is 4.01. The molecule has 0 aliphatic carbocycles. The summed E-state index contributed by atoms with van der Waals surface area (Å²) in [4.78, 5) is 27.8. The minimum absolute atomic E-state index is 0.0203. The van der Waals surface area contributed by atoms with Gasteiger partial charge in [-0.1, -0.05) is 49.4 Å². The van der Waals surface area contributed by atoms with Crippen LogP contribution in [0.4, 0.5) is 5.69 Å². The number of benzene rings is 2. The lowest BCUT2D eigenvalue weighted by Gasteiger charge is -2.30. The lowest BCUT2D eigenvalue weighted by atomic mass is 10.1. The number of rotatable bonds is 13. The topological polar surface area (TPSA) is 86.8 Å². The number of anilines is 1. The summed E-state index contributed by atoms with van der Waals surface area (Å²) in [5.74, 6) is -0.342. The number of hydrogen-bond donors (Lipinski definition) is 1. The van der Waals surface area contributed by atoms with Crippen molar-refractivity contribution >= 4 is 27.5 Å². The molecule has 8 heteroatoms. The van der Waals surface area contributed by atoms with Crippen LogP contribution in [-0.2, 0) is 26.0 Å². The molecule has 1 N–H and O–H groups in total. The van der Waals surface area contributed by atoms with Gasteiger partial charge in [-0.2, -0.15) is 0 Å². The number of hydrogen-bond acceptors (Lipinski definition) is 4. The highest BCUT2D eigenvalue weighted by atomic mass is 32.2. The number of aryl methyl sites for hydroxylation is 2. The van der Waals surface area contributed by atoms with Crippen molar-refractivity contribution in [2.45, 2.75) is 72.4 Å². The molecule has 2 aromatic rings. The van der Waals surface area contributed by atoms with Gasteiger partial charge in [-0.15, -0.1) is 0 Å². The number of sulfonamides is 1. The first-order chi connectivity index (χ1) is 16.9. The molecule has 0 unspecified atom stereocenters. The quantitative estimate of drug-likeness (QED) is 0.433. The number of amides is 2. The summed E-state index contributed by atoms with van der Waals surface area (Å²) >= 11 is 0. The second-order valence-corrected chi connectivity index (χ2v) is 11.5. The van der Waals surface area contributed by atoms with E-state index in [4.69, 9.17) is 0 Å². The van der Waals surface area contributed by atoms with Crippen molar-refractivity contribution in [3.05, 3.63) is 65.2 Å². The summed E-state index contributed by atoms with van der Waals surface area (Å²) in [6.07, 6.45) is 3.11. The van der Waals surface area contributed by atoms with E-state index >= 15 is 0 Å². The van der Waals surface area contributed by atoms with E-state index in [1.54, 1.807) is 11.8 Å². The fraction of sp³-hybridized carbons (Fsp3) is 0.500. The third-order valence-electron chi connectivity index (χ3n) is 6.44. The summed E-state index contributed by atoms with van der Waals surface area (Å²) < 4.78 is 26.5. The van der Waals surface area contributed by atoms with E-state index in [9.17, 15) is 18.0 Å². The van der Waals surface area contributed by atoms with Gasteiger partial charge in [0.1, 0.15) is 6.04 Å². The first-order valence-corrected chi connectivity index (χ1v) is 14.5. The van der Waals surface area contributed by atoms with Gasteiger partial charge in [-0.25, -0.2) is 8.42 Å². The van der Waals surface area contributed by atoms with Gasteiger partial charge in [0.15, 0.2) is 0 Å². The molecule has 198 valence electrons. The molecular weight excluding hydrogens is 474 g/mol. The molecule has 0 bridgehead atoms. The highest BCUT2D eigenvalue weighted by Gasteiger charge is 2.27. The molecule has 2 rings (SSSR count). The Bertz CT molecular complexity index is 1120. The predicted molar refractivity (Wildman–Crippen MR) is 147 cm³/mol. The van der Waals surface area contributed by atoms with Crippen LogP contribution in [0.3, 0.4) is 0 Å². The van der Waals surface area contributed by atoms with E-state index in [0.717, 1.165) is 23.1 Å². The van der Waals surface area contributed by atoms with Crippen molar-refractivity contribution in [3.8, 4) is 0 Å². The van der Waals surface area contributed by atoms with Crippen LogP contribution >= 0.6 is 0 Å². The SMILES string of the molecule is CC[C@@H](C)NC(=O)[C@H](C)N(CCc1ccccc1)C(=O)CCCN(c1cc(C)ccc1C)S(C)(=O)=O. The van der Waals surface area contributed by atoms with E-state index in [-0.39, 0.29) is 30.8 Å². The monoisotopic (exact) mass is 515 g/mol. The van der Waals surface area contributed by atoms with Crippen LogP contribution in [0.5, 0.6) is 0 Å². The Morgan fingerprint density at radius 2 is 1.67 bits per heavy atom. The van der Waals surface area contributed by atoms with Crippen molar-refractivity contribution in [3.63, 3.8) is 0 Å². The molecule has 0 radical (unpaired) electrons. The molecule has 2 aromatic carbocycles. The van der Waals surface area contributed by atoms with Gasteiger partial charge in [-0.05, 0) is 69.7 Å². The molecule has 7 nitrogen and oxygen atoms in total. The molecule has 0 saturated heterocycles. The number of nitrogens with one attached hydrogen (secondary N) is 1. The van der Waals surface area contributed by atoms with Crippen LogP contribution in [0.2, 0.25) is 0 Å². The minimum atomic E-state index is -3.52. The largest absolute Gasteiger partial charge is 0.352 e. The third-order valence-corrected chi connectivity index (χ3v) is 7.62. The molecule has 0 fully saturated rings. The zero-order valence-corrected chi connectivity index (χ0v) is 23.3. The van der Waals surface area contributed by atoms with Crippen LogP contribution < -0.4 is 9.62 Å². The normalized spacial score (nSPS) is 13.1. The Balaban J connectivity index is 2.15. The average molecular weight is 516 g/mol. The Labute approximate surface area is 216 Å². The summed E-state index contributed by atoms with van der Waals surface area (Å²) in [5, 5.41) is 2.97. The molecule has 2 atom stereocenters. The smallest absolute Gasteiger partial charge is 0.242 e. The van der Waals surface area contributed by atoms with Gasteiger partial charge in [0, 0.05) is 25.6 Å². The van der Waals surface area contributed by atoms with Crippen LogP contribution in [0.1, 0.15) is 56.7 Å². The highest BCUT2D eigenvalue weighted by Crippen LogP contribution is 2.24. The molecule has 0 spiro atoms. The summed E-state index contributed by atoms with van der Waals surface area (Å²) in [6, 6.07) is 14.9. The Morgan fingerprint density at radius 1 is 1.00 bits per heavy atom. The number of nitrogens with zero attached hydrogens (tertiary/aromatic N) is 2. The lowest BCUT2D eigenvalue weighted by Crippen LogP contribution is -2.50. The van der Waals surface area contributed by atoms with E-state index in [2.05, 4.69) is 5.32 Å². The van der Waals surface area contributed by atoms with E-state index in [1.807, 2.05) is 76.2 Å². The van der Waals surface area contributed by atoms with E-state index in [1.165, 1.54) is 10.6 Å². The number of carbonyl (C=O) groups excluding carboxylic acids is 2. The average Bonchev–Trinajstić information content (AvgIpc) is 2.83. The van der Waals surface area contributed by atoms with Gasteiger partial charge < -0.3 is 10.2 Å². The van der Waals surface area contributed by atoms with E-state index < -0.39 is 16.1 Å². The first kappa shape index (κ1) is 29.4. The summed E-state index contributed by atoms with van der Waals surface area (Å²) in [7, 11) is -3.52. The maximum absolute atomic E-state index is 13.3. The minimum Gasteiger partial charge on any atom is -0.352 e. The molecule has 2 amide bonds. The van der Waals surface area contributed by atoms with Gasteiger partial charge in [0.05, 0.1) is 11.9 Å². The zero-order chi connectivity index (χ0) is 26.9. The summed E-state index contributed by atoms with van der Waals surface area (Å²) in [5.41, 5.74) is 3.54. The highest BCUT2D eigenvalue weighted by molar-refractivity contribution is 7.92. The molecule has 0 heterocycles. The van der Waals surface area contributed by atoms with Crippen LogP contribution in [-0.4, -0.2) is 56.6 Å². The molecule has 0 aliphatic heterocycles. The van der Waals surface area contributed by atoms with Crippen molar-refractivity contribution in [2.75, 3.05) is 23.7 Å². The van der Waals surface area contributed by atoms with Crippen LogP contribution in [0.25, 0.3) is 0 Å². The van der Waals surface area contributed by atoms with Crippen LogP contribution in [0, 0.1) is 13.8 Å². The summed E-state index contributed by atoms with van der Waals surface area (Å²) in [6.45, 7) is 10.1. The Kier molecular flexibility index (Phi) is 11.0. The first-order valence-electron chi connectivity index (χ1n) is 12.6. The van der Waals surface area contributed by atoms with Crippen molar-refractivity contribution in [2.24, 2.45) is 0 Å². The maximum atomic E-state index is 13.3.